The third-order valence-corrected chi connectivity index (χ3v) is 3.58. The van der Waals surface area contributed by atoms with Gasteiger partial charge in [-0.05, 0) is 43.3 Å². The standard InChI is InChI=1S/C19H15NO5/c1-2-24-19(23)12-7-9-13(10-8-12)20-18(22)15-11-25-16-6-4-3-5-14(16)17(15)21/h3-11H,2H2,1H3,(H,20,22). The highest BCUT2D eigenvalue weighted by Crippen LogP contribution is 2.14. The number of fused-ring (bicyclic) bond motifs is 1. The van der Waals surface area contributed by atoms with Crippen LogP contribution in [-0.2, 0) is 4.74 Å². The molecule has 2 aromatic carbocycles. The molecule has 3 aromatic rings. The fraction of sp³-hybridized carbons (Fsp3) is 0.105. The first kappa shape index (κ1) is 16.4. The van der Waals surface area contributed by atoms with E-state index in [1.807, 2.05) is 0 Å². The molecule has 0 saturated heterocycles. The zero-order valence-corrected chi connectivity index (χ0v) is 13.4. The van der Waals surface area contributed by atoms with E-state index in [1.54, 1.807) is 43.3 Å². The zero-order chi connectivity index (χ0) is 17.8. The van der Waals surface area contributed by atoms with Crippen LogP contribution in [0.4, 0.5) is 5.69 Å². The van der Waals surface area contributed by atoms with Gasteiger partial charge in [0.15, 0.2) is 0 Å². The van der Waals surface area contributed by atoms with E-state index in [1.165, 1.54) is 12.1 Å². The molecule has 0 saturated carbocycles. The summed E-state index contributed by atoms with van der Waals surface area (Å²) < 4.78 is 10.2. The summed E-state index contributed by atoms with van der Waals surface area (Å²) in [5.41, 5.74) is 0.758. The molecule has 1 N–H and O–H groups in total. The molecular weight excluding hydrogens is 322 g/mol. The number of hydrogen-bond donors (Lipinski definition) is 1. The van der Waals surface area contributed by atoms with E-state index < -0.39 is 17.3 Å². The molecule has 0 radical (unpaired) electrons. The normalized spacial score (nSPS) is 10.4. The first-order valence-corrected chi connectivity index (χ1v) is 7.69. The lowest BCUT2D eigenvalue weighted by atomic mass is 10.1. The van der Waals surface area contributed by atoms with E-state index in [-0.39, 0.29) is 12.2 Å². The highest BCUT2D eigenvalue weighted by Gasteiger charge is 2.15. The summed E-state index contributed by atoms with van der Waals surface area (Å²) in [6, 6.07) is 12.9. The van der Waals surface area contributed by atoms with Crippen LogP contribution in [0.3, 0.4) is 0 Å². The summed E-state index contributed by atoms with van der Waals surface area (Å²) in [6.45, 7) is 2.01. The van der Waals surface area contributed by atoms with Crippen molar-refractivity contribution in [1.29, 1.82) is 0 Å². The first-order chi connectivity index (χ1) is 12.1. The molecule has 0 atom stereocenters. The second kappa shape index (κ2) is 7.00. The molecule has 0 unspecified atom stereocenters. The van der Waals surface area contributed by atoms with Gasteiger partial charge in [0, 0.05) is 5.69 Å². The average molecular weight is 337 g/mol. The number of esters is 1. The Morgan fingerprint density at radius 3 is 2.52 bits per heavy atom. The number of rotatable bonds is 4. The van der Waals surface area contributed by atoms with Crippen LogP contribution < -0.4 is 10.7 Å². The Morgan fingerprint density at radius 2 is 1.80 bits per heavy atom. The number of anilines is 1. The van der Waals surface area contributed by atoms with E-state index >= 15 is 0 Å². The molecule has 1 aromatic heterocycles. The van der Waals surface area contributed by atoms with Gasteiger partial charge in [0.25, 0.3) is 5.91 Å². The van der Waals surface area contributed by atoms with Crippen molar-refractivity contribution < 1.29 is 18.7 Å². The van der Waals surface area contributed by atoms with Gasteiger partial charge in [-0.25, -0.2) is 4.79 Å². The summed E-state index contributed by atoms with van der Waals surface area (Å²) >= 11 is 0. The Bertz CT molecular complexity index is 989. The average Bonchev–Trinajstić information content (AvgIpc) is 2.63. The van der Waals surface area contributed by atoms with Crippen LogP contribution in [0.1, 0.15) is 27.6 Å². The zero-order valence-electron chi connectivity index (χ0n) is 13.4. The third kappa shape index (κ3) is 3.42. The lowest BCUT2D eigenvalue weighted by Gasteiger charge is -2.06. The van der Waals surface area contributed by atoms with Gasteiger partial charge >= 0.3 is 5.97 Å². The second-order valence-electron chi connectivity index (χ2n) is 5.23. The number of carbonyl (C=O) groups excluding carboxylic acids is 2. The van der Waals surface area contributed by atoms with E-state index in [4.69, 9.17) is 9.15 Å². The van der Waals surface area contributed by atoms with Gasteiger partial charge < -0.3 is 14.5 Å². The second-order valence-corrected chi connectivity index (χ2v) is 5.23. The number of carbonyl (C=O) groups is 2. The SMILES string of the molecule is CCOC(=O)c1ccc(NC(=O)c2coc3ccccc3c2=O)cc1. The lowest BCUT2D eigenvalue weighted by Crippen LogP contribution is -2.21. The molecule has 0 aliphatic rings. The van der Waals surface area contributed by atoms with Gasteiger partial charge in [-0.15, -0.1) is 0 Å². The predicted molar refractivity (Wildman–Crippen MR) is 92.8 cm³/mol. The number of nitrogens with one attached hydrogen (secondary N) is 1. The Kier molecular flexibility index (Phi) is 4.61. The molecule has 126 valence electrons. The van der Waals surface area contributed by atoms with E-state index in [0.29, 0.717) is 22.2 Å². The van der Waals surface area contributed by atoms with Crippen molar-refractivity contribution >= 4 is 28.5 Å². The Morgan fingerprint density at radius 1 is 1.08 bits per heavy atom. The molecule has 25 heavy (non-hydrogen) atoms. The van der Waals surface area contributed by atoms with Crippen molar-refractivity contribution in [3.63, 3.8) is 0 Å². The van der Waals surface area contributed by atoms with E-state index in [0.717, 1.165) is 6.26 Å². The smallest absolute Gasteiger partial charge is 0.338 e. The van der Waals surface area contributed by atoms with Crippen LogP contribution in [0.2, 0.25) is 0 Å². The van der Waals surface area contributed by atoms with Crippen molar-refractivity contribution in [3.8, 4) is 0 Å². The van der Waals surface area contributed by atoms with Crippen LogP contribution in [0.15, 0.2) is 64.0 Å². The van der Waals surface area contributed by atoms with Gasteiger partial charge in [-0.2, -0.15) is 0 Å². The maximum Gasteiger partial charge on any atom is 0.338 e. The van der Waals surface area contributed by atoms with Crippen LogP contribution in [0.25, 0.3) is 11.0 Å². The maximum atomic E-state index is 12.4. The molecule has 0 bridgehead atoms. The number of hydrogen-bond acceptors (Lipinski definition) is 5. The molecule has 0 spiro atoms. The number of benzene rings is 2. The summed E-state index contributed by atoms with van der Waals surface area (Å²) in [5.74, 6) is -1.01. The van der Waals surface area contributed by atoms with Crippen molar-refractivity contribution in [2.45, 2.75) is 6.92 Å². The van der Waals surface area contributed by atoms with Gasteiger partial charge in [-0.3, -0.25) is 9.59 Å². The molecule has 6 nitrogen and oxygen atoms in total. The molecule has 6 heteroatoms. The molecule has 0 aliphatic carbocycles. The first-order valence-electron chi connectivity index (χ1n) is 7.69. The number of amides is 1. The Hall–Kier alpha value is -3.41. The molecular formula is C19H15NO5. The molecule has 1 amide bonds. The minimum atomic E-state index is -0.580. The molecule has 1 heterocycles. The highest BCUT2D eigenvalue weighted by atomic mass is 16.5. The summed E-state index contributed by atoms with van der Waals surface area (Å²) in [6.07, 6.45) is 1.15. The van der Waals surface area contributed by atoms with Crippen LogP contribution in [0.5, 0.6) is 0 Å². The number of para-hydroxylation sites is 1. The maximum absolute atomic E-state index is 12.4. The van der Waals surface area contributed by atoms with Crippen molar-refractivity contribution in [2.24, 2.45) is 0 Å². The van der Waals surface area contributed by atoms with Gasteiger partial charge in [0.05, 0.1) is 17.6 Å². The topological polar surface area (TPSA) is 85.6 Å². The van der Waals surface area contributed by atoms with E-state index in [2.05, 4.69) is 5.32 Å². The largest absolute Gasteiger partial charge is 0.463 e. The van der Waals surface area contributed by atoms with Crippen LogP contribution >= 0.6 is 0 Å². The lowest BCUT2D eigenvalue weighted by molar-refractivity contribution is 0.0526. The van der Waals surface area contributed by atoms with Crippen molar-refractivity contribution in [2.75, 3.05) is 11.9 Å². The molecule has 0 aliphatic heterocycles. The molecule has 3 rings (SSSR count). The minimum Gasteiger partial charge on any atom is -0.463 e. The van der Waals surface area contributed by atoms with E-state index in [9.17, 15) is 14.4 Å². The predicted octanol–water partition coefficient (Wildman–Crippen LogP) is 3.22. The summed E-state index contributed by atoms with van der Waals surface area (Å²) in [4.78, 5) is 36.3. The number of ether oxygens (including phenoxy) is 1. The minimum absolute atomic E-state index is 0.0897. The van der Waals surface area contributed by atoms with Crippen molar-refractivity contribution in [1.82, 2.24) is 0 Å². The molecule has 0 fully saturated rings. The van der Waals surface area contributed by atoms with Crippen LogP contribution in [0, 0.1) is 0 Å². The third-order valence-electron chi connectivity index (χ3n) is 3.58. The Balaban J connectivity index is 1.82. The summed E-state index contributed by atoms with van der Waals surface area (Å²) in [5, 5.41) is 2.95. The summed E-state index contributed by atoms with van der Waals surface area (Å²) in [7, 11) is 0. The highest BCUT2D eigenvalue weighted by molar-refractivity contribution is 6.05. The van der Waals surface area contributed by atoms with Gasteiger partial charge in [0.2, 0.25) is 5.43 Å². The monoisotopic (exact) mass is 337 g/mol. The van der Waals surface area contributed by atoms with Crippen LogP contribution in [-0.4, -0.2) is 18.5 Å². The van der Waals surface area contributed by atoms with Crippen molar-refractivity contribution in [3.05, 3.63) is 76.1 Å². The fourth-order valence-electron chi connectivity index (χ4n) is 2.34. The van der Waals surface area contributed by atoms with Gasteiger partial charge in [-0.1, -0.05) is 12.1 Å². The van der Waals surface area contributed by atoms with Gasteiger partial charge in [0.1, 0.15) is 17.4 Å². The Labute approximate surface area is 143 Å². The quantitative estimate of drug-likeness (QED) is 0.739. The fourth-order valence-corrected chi connectivity index (χ4v) is 2.34.